The van der Waals surface area contributed by atoms with Crippen LogP contribution in [0.4, 0.5) is 11.4 Å². The molecule has 4 nitrogen and oxygen atoms in total. The Morgan fingerprint density at radius 2 is 1.89 bits per heavy atom. The van der Waals surface area contributed by atoms with Crippen LogP contribution in [0, 0.1) is 6.92 Å². The molecule has 104 valence electrons. The summed E-state index contributed by atoms with van der Waals surface area (Å²) in [4.78, 5) is 2.39. The van der Waals surface area contributed by atoms with Gasteiger partial charge in [0.2, 0.25) is 0 Å². The van der Waals surface area contributed by atoms with Gasteiger partial charge in [0, 0.05) is 42.1 Å². The molecule has 19 heavy (non-hydrogen) atoms. The topological polar surface area (TPSA) is 67.3 Å². The third-order valence-corrected chi connectivity index (χ3v) is 3.64. The number of hydrogen-bond acceptors (Lipinski definition) is 4. The number of benzene rings is 1. The highest BCUT2D eigenvalue weighted by atomic mass is 15.2. The molecule has 1 aliphatic rings. The van der Waals surface area contributed by atoms with Gasteiger partial charge in [0.1, 0.15) is 0 Å². The lowest BCUT2D eigenvalue weighted by Gasteiger charge is -2.38. The molecule has 1 saturated heterocycles. The largest absolute Gasteiger partial charge is 0.405 e. The van der Waals surface area contributed by atoms with Crippen molar-refractivity contribution in [3.8, 4) is 0 Å². The van der Waals surface area contributed by atoms with E-state index in [0.29, 0.717) is 12.1 Å². The Morgan fingerprint density at radius 3 is 2.47 bits per heavy atom. The van der Waals surface area contributed by atoms with Crippen molar-refractivity contribution in [2.45, 2.75) is 32.9 Å². The Morgan fingerprint density at radius 1 is 1.26 bits per heavy atom. The van der Waals surface area contributed by atoms with Gasteiger partial charge in [-0.2, -0.15) is 0 Å². The van der Waals surface area contributed by atoms with Crippen molar-refractivity contribution in [2.75, 3.05) is 23.7 Å². The highest BCUT2D eigenvalue weighted by Gasteiger charge is 2.23. The fraction of sp³-hybridized carbons (Fsp3) is 0.467. The zero-order valence-electron chi connectivity index (χ0n) is 12.0. The van der Waals surface area contributed by atoms with E-state index in [0.717, 1.165) is 29.9 Å². The summed E-state index contributed by atoms with van der Waals surface area (Å²) in [6, 6.07) is 5.17. The summed E-state index contributed by atoms with van der Waals surface area (Å²) >= 11 is 0. The summed E-state index contributed by atoms with van der Waals surface area (Å²) in [5, 5.41) is 3.54. The molecule has 5 N–H and O–H groups in total. The number of piperazine rings is 1. The van der Waals surface area contributed by atoms with Gasteiger partial charge in [0.25, 0.3) is 0 Å². The maximum atomic E-state index is 6.20. The standard InChI is InChI=1S/C15H24N4/c1-10-4-5-14(13(6-7-16)15(10)17)19-8-11(2)18-12(3)9-19/h4-7,11-12,18H,8-9,16-17H2,1-3H3/b7-6-. The van der Waals surface area contributed by atoms with Gasteiger partial charge in [-0.3, -0.25) is 0 Å². The lowest BCUT2D eigenvalue weighted by molar-refractivity contribution is 0.407. The van der Waals surface area contributed by atoms with Crippen molar-refractivity contribution >= 4 is 17.5 Å². The van der Waals surface area contributed by atoms with Gasteiger partial charge in [0.05, 0.1) is 0 Å². The van der Waals surface area contributed by atoms with Gasteiger partial charge in [0.15, 0.2) is 0 Å². The van der Waals surface area contributed by atoms with E-state index in [2.05, 4.69) is 36.2 Å². The number of nitrogens with two attached hydrogens (primary N) is 2. The minimum absolute atomic E-state index is 0.473. The quantitative estimate of drug-likeness (QED) is 0.708. The first-order valence-electron chi connectivity index (χ1n) is 6.81. The van der Waals surface area contributed by atoms with Crippen LogP contribution >= 0.6 is 0 Å². The van der Waals surface area contributed by atoms with E-state index in [1.54, 1.807) is 6.20 Å². The molecule has 1 heterocycles. The lowest BCUT2D eigenvalue weighted by Crippen LogP contribution is -2.54. The SMILES string of the molecule is Cc1ccc(N2CC(C)NC(C)C2)c(/C=C\N)c1N. The number of nitrogen functional groups attached to an aromatic ring is 1. The first kappa shape index (κ1) is 13.7. The number of nitrogens with one attached hydrogen (secondary N) is 1. The zero-order chi connectivity index (χ0) is 14.0. The normalized spacial score (nSPS) is 24.1. The van der Waals surface area contributed by atoms with Crippen LogP contribution in [-0.4, -0.2) is 25.2 Å². The molecule has 4 heteroatoms. The Hall–Kier alpha value is -1.68. The summed E-state index contributed by atoms with van der Waals surface area (Å²) < 4.78 is 0. The van der Waals surface area contributed by atoms with Gasteiger partial charge < -0.3 is 21.7 Å². The van der Waals surface area contributed by atoms with Gasteiger partial charge >= 0.3 is 0 Å². The van der Waals surface area contributed by atoms with E-state index in [4.69, 9.17) is 11.5 Å². The van der Waals surface area contributed by atoms with E-state index in [1.165, 1.54) is 5.69 Å². The average molecular weight is 260 g/mol. The van der Waals surface area contributed by atoms with Crippen molar-refractivity contribution in [1.82, 2.24) is 5.32 Å². The first-order chi connectivity index (χ1) is 9.02. The first-order valence-corrected chi connectivity index (χ1v) is 6.81. The molecule has 2 unspecified atom stereocenters. The molecule has 0 aliphatic carbocycles. The predicted molar refractivity (Wildman–Crippen MR) is 83.1 cm³/mol. The Kier molecular flexibility index (Phi) is 4.00. The number of anilines is 2. The van der Waals surface area contributed by atoms with Crippen LogP contribution in [0.15, 0.2) is 18.3 Å². The Balaban J connectivity index is 2.41. The molecule has 0 aromatic heterocycles. The molecule has 0 bridgehead atoms. The van der Waals surface area contributed by atoms with Crippen LogP contribution in [0.2, 0.25) is 0 Å². The predicted octanol–water partition coefficient (Wildman–Crippen LogP) is 1.69. The molecule has 2 atom stereocenters. The fourth-order valence-electron chi connectivity index (χ4n) is 2.80. The van der Waals surface area contributed by atoms with E-state index in [-0.39, 0.29) is 0 Å². The number of nitrogens with zero attached hydrogens (tertiary/aromatic N) is 1. The lowest BCUT2D eigenvalue weighted by atomic mass is 10.0. The second kappa shape index (κ2) is 5.53. The second-order valence-corrected chi connectivity index (χ2v) is 5.46. The second-order valence-electron chi connectivity index (χ2n) is 5.46. The van der Waals surface area contributed by atoms with E-state index >= 15 is 0 Å². The number of aryl methyl sites for hydroxylation is 1. The monoisotopic (exact) mass is 260 g/mol. The average Bonchev–Trinajstić information content (AvgIpc) is 2.34. The van der Waals surface area contributed by atoms with Crippen LogP contribution in [0.3, 0.4) is 0 Å². The van der Waals surface area contributed by atoms with Crippen LogP contribution in [0.5, 0.6) is 0 Å². The summed E-state index contributed by atoms with van der Waals surface area (Å²) in [5.41, 5.74) is 15.9. The maximum absolute atomic E-state index is 6.20. The zero-order valence-corrected chi connectivity index (χ0v) is 12.0. The molecule has 2 rings (SSSR count). The molecule has 1 fully saturated rings. The molecular weight excluding hydrogens is 236 g/mol. The summed E-state index contributed by atoms with van der Waals surface area (Å²) in [6.07, 6.45) is 3.46. The molecule has 0 radical (unpaired) electrons. The minimum Gasteiger partial charge on any atom is -0.405 e. The van der Waals surface area contributed by atoms with Crippen molar-refractivity contribution in [3.05, 3.63) is 29.5 Å². The summed E-state index contributed by atoms with van der Waals surface area (Å²) in [7, 11) is 0. The minimum atomic E-state index is 0.473. The number of rotatable bonds is 2. The summed E-state index contributed by atoms with van der Waals surface area (Å²) in [5.74, 6) is 0. The third kappa shape index (κ3) is 2.84. The molecule has 1 aromatic rings. The molecule has 0 spiro atoms. The Bertz CT molecular complexity index is 471. The molecule has 1 aromatic carbocycles. The highest BCUT2D eigenvalue weighted by Crippen LogP contribution is 2.30. The van der Waals surface area contributed by atoms with Gasteiger partial charge in [-0.05, 0) is 44.7 Å². The van der Waals surface area contributed by atoms with Crippen molar-refractivity contribution in [3.63, 3.8) is 0 Å². The van der Waals surface area contributed by atoms with Crippen LogP contribution in [-0.2, 0) is 0 Å². The smallest absolute Gasteiger partial charge is 0.0462 e. The molecule has 0 saturated carbocycles. The fourth-order valence-corrected chi connectivity index (χ4v) is 2.80. The highest BCUT2D eigenvalue weighted by molar-refractivity contribution is 5.79. The van der Waals surface area contributed by atoms with Crippen LogP contribution < -0.4 is 21.7 Å². The third-order valence-electron chi connectivity index (χ3n) is 3.64. The van der Waals surface area contributed by atoms with Gasteiger partial charge in [-0.15, -0.1) is 0 Å². The maximum Gasteiger partial charge on any atom is 0.0462 e. The Labute approximate surface area is 115 Å². The molecule has 1 aliphatic heterocycles. The summed E-state index contributed by atoms with van der Waals surface area (Å²) in [6.45, 7) is 8.41. The molecule has 0 amide bonds. The van der Waals surface area contributed by atoms with Gasteiger partial charge in [-0.1, -0.05) is 6.07 Å². The van der Waals surface area contributed by atoms with Crippen molar-refractivity contribution in [2.24, 2.45) is 5.73 Å². The van der Waals surface area contributed by atoms with E-state index in [9.17, 15) is 0 Å². The van der Waals surface area contributed by atoms with Crippen molar-refractivity contribution < 1.29 is 0 Å². The van der Waals surface area contributed by atoms with Crippen molar-refractivity contribution in [1.29, 1.82) is 0 Å². The van der Waals surface area contributed by atoms with Gasteiger partial charge in [-0.25, -0.2) is 0 Å². The molecular formula is C15H24N4. The van der Waals surface area contributed by atoms with Crippen LogP contribution in [0.25, 0.3) is 6.08 Å². The van der Waals surface area contributed by atoms with Crippen LogP contribution in [0.1, 0.15) is 25.0 Å². The van der Waals surface area contributed by atoms with E-state index < -0.39 is 0 Å². The van der Waals surface area contributed by atoms with E-state index in [1.807, 2.05) is 13.0 Å². The number of hydrogen-bond donors (Lipinski definition) is 3.